The summed E-state index contributed by atoms with van der Waals surface area (Å²) in [7, 11) is 0. The van der Waals surface area contributed by atoms with Crippen LogP contribution in [0.3, 0.4) is 0 Å². The fourth-order valence-electron chi connectivity index (χ4n) is 3.93. The molecule has 1 aromatic rings. The van der Waals surface area contributed by atoms with Crippen LogP contribution in [0.1, 0.15) is 33.1 Å². The van der Waals surface area contributed by atoms with E-state index in [0.717, 1.165) is 76.8 Å². The van der Waals surface area contributed by atoms with E-state index in [-0.39, 0.29) is 12.0 Å². The van der Waals surface area contributed by atoms with Crippen LogP contribution in [0.25, 0.3) is 0 Å². The maximum atomic E-state index is 12.4. The highest BCUT2D eigenvalue weighted by Gasteiger charge is 2.24. The molecule has 7 nitrogen and oxygen atoms in total. The molecule has 0 aliphatic carbocycles. The van der Waals surface area contributed by atoms with Crippen molar-refractivity contribution in [3.63, 3.8) is 0 Å². The third-order valence-corrected chi connectivity index (χ3v) is 5.77. The lowest BCUT2D eigenvalue weighted by atomic mass is 10.2. The molecule has 1 aromatic carbocycles. The molecule has 1 N–H and O–H groups in total. The normalized spacial score (nSPS) is 19.1. The Balaban J connectivity index is 1.49. The number of likely N-dealkylation sites (tertiary alicyclic amines) is 1. The maximum absolute atomic E-state index is 12.4. The fraction of sp³-hybridized carbons (Fsp3) is 0.652. The van der Waals surface area contributed by atoms with Crippen LogP contribution in [0.2, 0.25) is 0 Å². The van der Waals surface area contributed by atoms with Gasteiger partial charge in [0.15, 0.2) is 5.96 Å². The van der Waals surface area contributed by atoms with Gasteiger partial charge in [0.05, 0.1) is 13.1 Å². The van der Waals surface area contributed by atoms with Crippen molar-refractivity contribution in [2.45, 2.75) is 39.2 Å². The minimum atomic E-state index is 0.0560. The molecule has 2 heterocycles. The number of nitrogens with zero attached hydrogens (tertiary/aromatic N) is 4. The summed E-state index contributed by atoms with van der Waals surface area (Å²) in [6.45, 7) is 11.6. The first-order chi connectivity index (χ1) is 14.7. The number of rotatable bonds is 8. The fourth-order valence-corrected chi connectivity index (χ4v) is 3.93. The Kier molecular flexibility index (Phi) is 8.81. The van der Waals surface area contributed by atoms with Gasteiger partial charge in [-0.1, -0.05) is 25.1 Å². The van der Waals surface area contributed by atoms with E-state index in [1.807, 2.05) is 35.2 Å². The highest BCUT2D eigenvalue weighted by molar-refractivity contribution is 5.80. The smallest absolute Gasteiger partial charge is 0.236 e. The predicted molar refractivity (Wildman–Crippen MR) is 121 cm³/mol. The molecule has 7 heteroatoms. The maximum Gasteiger partial charge on any atom is 0.236 e. The van der Waals surface area contributed by atoms with Crippen LogP contribution in [-0.4, -0.2) is 91.6 Å². The Labute approximate surface area is 181 Å². The van der Waals surface area contributed by atoms with Crippen LogP contribution in [0, 0.1) is 0 Å². The highest BCUT2D eigenvalue weighted by Crippen LogP contribution is 2.13. The summed E-state index contributed by atoms with van der Waals surface area (Å²) in [5.74, 6) is 2.12. The van der Waals surface area contributed by atoms with Crippen LogP contribution in [0.15, 0.2) is 35.3 Å². The van der Waals surface area contributed by atoms with Crippen LogP contribution in [-0.2, 0) is 4.79 Å². The van der Waals surface area contributed by atoms with Gasteiger partial charge in [0.2, 0.25) is 5.91 Å². The molecule has 166 valence electrons. The van der Waals surface area contributed by atoms with Crippen molar-refractivity contribution in [2.24, 2.45) is 4.99 Å². The molecule has 3 rings (SSSR count). The van der Waals surface area contributed by atoms with Crippen molar-refractivity contribution < 1.29 is 9.53 Å². The summed E-state index contributed by atoms with van der Waals surface area (Å²) >= 11 is 0. The first-order valence-corrected chi connectivity index (χ1v) is 11.4. The molecule has 30 heavy (non-hydrogen) atoms. The predicted octanol–water partition coefficient (Wildman–Crippen LogP) is 2.05. The first-order valence-electron chi connectivity index (χ1n) is 11.4. The van der Waals surface area contributed by atoms with Crippen molar-refractivity contribution in [2.75, 3.05) is 58.9 Å². The minimum Gasteiger partial charge on any atom is -0.489 e. The van der Waals surface area contributed by atoms with E-state index in [2.05, 4.69) is 29.0 Å². The number of nitrogens with one attached hydrogen (secondary N) is 1. The molecule has 0 bridgehead atoms. The lowest BCUT2D eigenvalue weighted by Gasteiger charge is -2.36. The Bertz CT molecular complexity index is 667. The van der Waals surface area contributed by atoms with Gasteiger partial charge in [-0.3, -0.25) is 9.69 Å². The molecule has 0 aromatic heterocycles. The Morgan fingerprint density at radius 3 is 2.37 bits per heavy atom. The van der Waals surface area contributed by atoms with Crippen molar-refractivity contribution in [1.82, 2.24) is 20.0 Å². The molecule has 0 radical (unpaired) electrons. The van der Waals surface area contributed by atoms with E-state index in [1.165, 1.54) is 0 Å². The number of aliphatic imine (C=N–C) groups is 1. The van der Waals surface area contributed by atoms with Gasteiger partial charge in [-0.25, -0.2) is 4.99 Å². The van der Waals surface area contributed by atoms with E-state index in [1.54, 1.807) is 0 Å². The summed E-state index contributed by atoms with van der Waals surface area (Å²) in [6.07, 6.45) is 3.26. The number of carbonyl (C=O) groups is 1. The molecule has 1 unspecified atom stereocenters. The zero-order valence-electron chi connectivity index (χ0n) is 18.6. The zero-order chi connectivity index (χ0) is 21.2. The van der Waals surface area contributed by atoms with Crippen molar-refractivity contribution in [3.8, 4) is 5.75 Å². The van der Waals surface area contributed by atoms with Gasteiger partial charge in [0.1, 0.15) is 11.9 Å². The third kappa shape index (κ3) is 6.62. The van der Waals surface area contributed by atoms with Crippen molar-refractivity contribution in [1.29, 1.82) is 0 Å². The van der Waals surface area contributed by atoms with E-state index >= 15 is 0 Å². The number of piperazine rings is 1. The highest BCUT2D eigenvalue weighted by atomic mass is 16.5. The molecule has 0 spiro atoms. The van der Waals surface area contributed by atoms with Gasteiger partial charge in [0, 0.05) is 45.8 Å². The van der Waals surface area contributed by atoms with Crippen LogP contribution in [0.4, 0.5) is 0 Å². The molecule has 2 fully saturated rings. The van der Waals surface area contributed by atoms with Crippen LogP contribution < -0.4 is 10.1 Å². The van der Waals surface area contributed by atoms with Gasteiger partial charge in [0.25, 0.3) is 0 Å². The topological polar surface area (TPSA) is 60.4 Å². The lowest BCUT2D eigenvalue weighted by Crippen LogP contribution is -2.54. The third-order valence-electron chi connectivity index (χ3n) is 5.77. The molecule has 2 saturated heterocycles. The summed E-state index contributed by atoms with van der Waals surface area (Å²) in [4.78, 5) is 23.9. The number of hydrogen-bond acceptors (Lipinski definition) is 4. The van der Waals surface area contributed by atoms with E-state index < -0.39 is 0 Å². The van der Waals surface area contributed by atoms with Crippen LogP contribution >= 0.6 is 0 Å². The number of para-hydroxylation sites is 1. The van der Waals surface area contributed by atoms with E-state index in [9.17, 15) is 4.79 Å². The molecule has 0 saturated carbocycles. The second-order valence-corrected chi connectivity index (χ2v) is 8.01. The summed E-state index contributed by atoms with van der Waals surface area (Å²) in [5, 5.41) is 3.42. The molecule has 2 aliphatic rings. The second kappa shape index (κ2) is 11.8. The average molecular weight is 416 g/mol. The standard InChI is InChI=1S/C23H37N5O2/c1-3-20(30-21-10-6-5-7-11-21)18-25-23(24-4-2)28-16-14-26(15-17-28)19-22(29)27-12-8-9-13-27/h5-7,10-11,20H,3-4,8-9,12-19H2,1-2H3,(H,24,25). The molecule has 2 aliphatic heterocycles. The van der Waals surface area contributed by atoms with Gasteiger partial charge in [-0.05, 0) is 38.3 Å². The molecule has 1 atom stereocenters. The van der Waals surface area contributed by atoms with E-state index in [0.29, 0.717) is 13.1 Å². The largest absolute Gasteiger partial charge is 0.489 e. The summed E-state index contributed by atoms with van der Waals surface area (Å²) < 4.78 is 6.09. The van der Waals surface area contributed by atoms with Gasteiger partial charge >= 0.3 is 0 Å². The number of hydrogen-bond donors (Lipinski definition) is 1. The lowest BCUT2D eigenvalue weighted by molar-refractivity contribution is -0.131. The number of ether oxygens (including phenoxy) is 1. The van der Waals surface area contributed by atoms with Gasteiger partial charge < -0.3 is 19.9 Å². The summed E-state index contributed by atoms with van der Waals surface area (Å²) in [6, 6.07) is 9.95. The number of benzene rings is 1. The number of guanidine groups is 1. The first kappa shape index (κ1) is 22.4. The monoisotopic (exact) mass is 415 g/mol. The Morgan fingerprint density at radius 1 is 1.03 bits per heavy atom. The Hall–Kier alpha value is -2.28. The second-order valence-electron chi connectivity index (χ2n) is 8.01. The summed E-state index contributed by atoms with van der Waals surface area (Å²) in [5.41, 5.74) is 0. The van der Waals surface area contributed by atoms with Gasteiger partial charge in [-0.15, -0.1) is 0 Å². The average Bonchev–Trinajstić information content (AvgIpc) is 3.32. The Morgan fingerprint density at radius 2 is 1.73 bits per heavy atom. The molecular formula is C23H37N5O2. The minimum absolute atomic E-state index is 0.0560. The molecular weight excluding hydrogens is 378 g/mol. The number of amides is 1. The van der Waals surface area contributed by atoms with Crippen molar-refractivity contribution >= 4 is 11.9 Å². The van der Waals surface area contributed by atoms with E-state index in [4.69, 9.17) is 9.73 Å². The SMILES string of the molecule is CCNC(=NCC(CC)Oc1ccccc1)N1CCN(CC(=O)N2CCCC2)CC1. The number of carbonyl (C=O) groups excluding carboxylic acids is 1. The van der Waals surface area contributed by atoms with Crippen molar-refractivity contribution in [3.05, 3.63) is 30.3 Å². The quantitative estimate of drug-likeness (QED) is 0.520. The van der Waals surface area contributed by atoms with Crippen LogP contribution in [0.5, 0.6) is 5.75 Å². The zero-order valence-corrected chi connectivity index (χ0v) is 18.6. The molecule has 1 amide bonds. The van der Waals surface area contributed by atoms with Gasteiger partial charge in [-0.2, -0.15) is 0 Å².